The molecule has 13 heavy (non-hydrogen) atoms. The van der Waals surface area contributed by atoms with Crippen LogP contribution < -0.4 is 4.90 Å². The molecule has 1 rings (SSSR count). The zero-order chi connectivity index (χ0) is 9.84. The third kappa shape index (κ3) is 2.68. The predicted octanol–water partition coefficient (Wildman–Crippen LogP) is 3.53. The molecule has 0 aromatic carbocycles. The van der Waals surface area contributed by atoms with E-state index in [0.29, 0.717) is 6.04 Å². The molecule has 0 spiro atoms. The molecule has 0 aliphatic rings. The fourth-order valence-corrected chi connectivity index (χ4v) is 2.69. The van der Waals surface area contributed by atoms with E-state index in [-0.39, 0.29) is 0 Å². The van der Waals surface area contributed by atoms with Gasteiger partial charge in [-0.25, -0.2) is 4.98 Å². The van der Waals surface area contributed by atoms with Gasteiger partial charge in [0, 0.05) is 18.5 Å². The first-order valence-corrected chi connectivity index (χ1v) is 6.20. The van der Waals surface area contributed by atoms with Gasteiger partial charge >= 0.3 is 0 Å². The molecule has 0 radical (unpaired) electrons. The number of halogens is 1. The lowest BCUT2D eigenvalue weighted by Crippen LogP contribution is -2.30. The van der Waals surface area contributed by atoms with Crippen LogP contribution in [0.3, 0.4) is 0 Å². The van der Waals surface area contributed by atoms with Gasteiger partial charge in [0.2, 0.25) is 0 Å². The van der Waals surface area contributed by atoms with Gasteiger partial charge in [0.15, 0.2) is 5.13 Å². The maximum atomic E-state index is 4.39. The van der Waals surface area contributed by atoms with E-state index < -0.39 is 0 Å². The van der Waals surface area contributed by atoms with Gasteiger partial charge in [0.1, 0.15) is 4.60 Å². The molecule has 0 unspecified atom stereocenters. The van der Waals surface area contributed by atoms with Crippen LogP contribution in [-0.4, -0.2) is 18.1 Å². The number of rotatable bonds is 4. The summed E-state index contributed by atoms with van der Waals surface area (Å²) in [5.41, 5.74) is 0. The average Bonchev–Trinajstić information content (AvgIpc) is 2.54. The van der Waals surface area contributed by atoms with Crippen LogP contribution in [0.5, 0.6) is 0 Å². The molecule has 74 valence electrons. The molecular formula is C9H15BrN2S. The van der Waals surface area contributed by atoms with Crippen LogP contribution in [0.4, 0.5) is 5.13 Å². The van der Waals surface area contributed by atoms with Gasteiger partial charge in [0.25, 0.3) is 0 Å². The average molecular weight is 263 g/mol. The Morgan fingerprint density at radius 2 is 2.15 bits per heavy atom. The van der Waals surface area contributed by atoms with Gasteiger partial charge in [-0.05, 0) is 28.8 Å². The highest BCUT2D eigenvalue weighted by Crippen LogP contribution is 2.25. The van der Waals surface area contributed by atoms with E-state index in [4.69, 9.17) is 0 Å². The van der Waals surface area contributed by atoms with Crippen molar-refractivity contribution in [3.8, 4) is 0 Å². The standard InChI is InChI=1S/C9H15BrN2S/c1-4-7(5-2)12(3)9-11-8(10)6-13-9/h6-7H,4-5H2,1-3H3. The highest BCUT2D eigenvalue weighted by Gasteiger charge is 2.13. The van der Waals surface area contributed by atoms with E-state index in [9.17, 15) is 0 Å². The second-order valence-corrected chi connectivity index (χ2v) is 4.68. The minimum Gasteiger partial charge on any atom is -0.348 e. The number of thiazole rings is 1. The summed E-state index contributed by atoms with van der Waals surface area (Å²) in [5.74, 6) is 0. The Labute approximate surface area is 92.1 Å². The lowest BCUT2D eigenvalue weighted by molar-refractivity contribution is 0.590. The summed E-state index contributed by atoms with van der Waals surface area (Å²) in [6.45, 7) is 4.43. The van der Waals surface area contributed by atoms with Crippen molar-refractivity contribution in [2.45, 2.75) is 32.7 Å². The van der Waals surface area contributed by atoms with Crippen LogP contribution in [0.1, 0.15) is 26.7 Å². The molecule has 0 saturated heterocycles. The molecule has 0 fully saturated rings. The van der Waals surface area contributed by atoms with Crippen LogP contribution in [0.15, 0.2) is 9.98 Å². The van der Waals surface area contributed by atoms with Crippen molar-refractivity contribution in [1.82, 2.24) is 4.98 Å². The monoisotopic (exact) mass is 262 g/mol. The number of anilines is 1. The van der Waals surface area contributed by atoms with Crippen molar-refractivity contribution in [3.05, 3.63) is 9.98 Å². The topological polar surface area (TPSA) is 16.1 Å². The van der Waals surface area contributed by atoms with Gasteiger partial charge in [-0.3, -0.25) is 0 Å². The Kier molecular flexibility index (Phi) is 4.19. The third-order valence-corrected chi connectivity index (χ3v) is 3.90. The molecule has 0 bridgehead atoms. The molecule has 0 N–H and O–H groups in total. The third-order valence-electron chi connectivity index (χ3n) is 2.26. The Morgan fingerprint density at radius 1 is 1.54 bits per heavy atom. The van der Waals surface area contributed by atoms with Gasteiger partial charge in [-0.1, -0.05) is 13.8 Å². The zero-order valence-corrected chi connectivity index (χ0v) is 10.7. The van der Waals surface area contributed by atoms with Gasteiger partial charge in [-0.15, -0.1) is 11.3 Å². The fourth-order valence-electron chi connectivity index (χ4n) is 1.40. The summed E-state index contributed by atoms with van der Waals surface area (Å²) in [6.07, 6.45) is 2.34. The summed E-state index contributed by atoms with van der Waals surface area (Å²) in [5, 5.41) is 3.12. The normalized spacial score (nSPS) is 10.8. The summed E-state index contributed by atoms with van der Waals surface area (Å²) in [4.78, 5) is 6.65. The van der Waals surface area contributed by atoms with Crippen molar-refractivity contribution < 1.29 is 0 Å². The molecule has 0 aliphatic carbocycles. The lowest BCUT2D eigenvalue weighted by atomic mass is 10.1. The molecule has 0 atom stereocenters. The second-order valence-electron chi connectivity index (χ2n) is 3.03. The van der Waals surface area contributed by atoms with E-state index in [0.717, 1.165) is 9.73 Å². The Hall–Kier alpha value is -0.0900. The lowest BCUT2D eigenvalue weighted by Gasteiger charge is -2.25. The SMILES string of the molecule is CCC(CC)N(C)c1nc(Br)cs1. The van der Waals surface area contributed by atoms with Crippen molar-refractivity contribution in [2.75, 3.05) is 11.9 Å². The zero-order valence-electron chi connectivity index (χ0n) is 8.25. The first-order valence-electron chi connectivity index (χ1n) is 4.52. The van der Waals surface area contributed by atoms with E-state index in [2.05, 4.69) is 46.7 Å². The second kappa shape index (κ2) is 4.96. The Balaban J connectivity index is 2.71. The number of nitrogens with zero attached hydrogens (tertiary/aromatic N) is 2. The Morgan fingerprint density at radius 3 is 2.54 bits per heavy atom. The van der Waals surface area contributed by atoms with Crippen LogP contribution >= 0.6 is 27.3 Å². The fraction of sp³-hybridized carbons (Fsp3) is 0.667. The van der Waals surface area contributed by atoms with Crippen molar-refractivity contribution >= 4 is 32.4 Å². The number of hydrogen-bond acceptors (Lipinski definition) is 3. The largest absolute Gasteiger partial charge is 0.348 e. The summed E-state index contributed by atoms with van der Waals surface area (Å²) in [7, 11) is 2.11. The molecule has 0 amide bonds. The smallest absolute Gasteiger partial charge is 0.186 e. The van der Waals surface area contributed by atoms with Crippen molar-refractivity contribution in [3.63, 3.8) is 0 Å². The molecule has 0 aliphatic heterocycles. The van der Waals surface area contributed by atoms with E-state index in [1.165, 1.54) is 12.8 Å². The molecule has 4 heteroatoms. The quantitative estimate of drug-likeness (QED) is 0.826. The first kappa shape index (κ1) is 11.0. The molecule has 1 aromatic heterocycles. The summed E-state index contributed by atoms with van der Waals surface area (Å²) >= 11 is 5.05. The molecule has 1 heterocycles. The molecule has 1 aromatic rings. The van der Waals surface area contributed by atoms with Crippen LogP contribution in [0.2, 0.25) is 0 Å². The Bertz CT molecular complexity index is 258. The molecule has 2 nitrogen and oxygen atoms in total. The highest BCUT2D eigenvalue weighted by molar-refractivity contribution is 9.10. The van der Waals surface area contributed by atoms with E-state index >= 15 is 0 Å². The van der Waals surface area contributed by atoms with Crippen LogP contribution in [-0.2, 0) is 0 Å². The van der Waals surface area contributed by atoms with Crippen molar-refractivity contribution in [2.24, 2.45) is 0 Å². The minimum atomic E-state index is 0.609. The van der Waals surface area contributed by atoms with Crippen LogP contribution in [0, 0.1) is 0 Å². The van der Waals surface area contributed by atoms with Gasteiger partial charge < -0.3 is 4.90 Å². The van der Waals surface area contributed by atoms with Gasteiger partial charge in [0.05, 0.1) is 0 Å². The van der Waals surface area contributed by atoms with E-state index in [1.54, 1.807) is 11.3 Å². The maximum Gasteiger partial charge on any atom is 0.186 e. The number of hydrogen-bond donors (Lipinski definition) is 0. The van der Waals surface area contributed by atoms with Gasteiger partial charge in [-0.2, -0.15) is 0 Å². The minimum absolute atomic E-state index is 0.609. The van der Waals surface area contributed by atoms with Crippen LogP contribution in [0.25, 0.3) is 0 Å². The van der Waals surface area contributed by atoms with Crippen molar-refractivity contribution in [1.29, 1.82) is 0 Å². The predicted molar refractivity (Wildman–Crippen MR) is 62.6 cm³/mol. The highest BCUT2D eigenvalue weighted by atomic mass is 79.9. The number of aromatic nitrogens is 1. The summed E-state index contributed by atoms with van der Waals surface area (Å²) in [6, 6.07) is 0.609. The summed E-state index contributed by atoms with van der Waals surface area (Å²) < 4.78 is 0.935. The maximum absolute atomic E-state index is 4.39. The first-order chi connectivity index (χ1) is 6.19. The molecule has 0 saturated carbocycles. The van der Waals surface area contributed by atoms with E-state index in [1.807, 2.05) is 5.38 Å². The molecular weight excluding hydrogens is 248 g/mol.